The standard InChI is InChI=1S/C12H14BrN3O2/c1-17-12-10-8(5-6-14-12)11(13)15-16(10)9-4-2-3-7-18-9/h5-6,9H,2-4,7H2,1H3. The molecule has 1 atom stereocenters. The number of hydrogen-bond donors (Lipinski definition) is 0. The van der Waals surface area contributed by atoms with E-state index in [0.29, 0.717) is 5.88 Å². The van der Waals surface area contributed by atoms with Crippen LogP contribution in [0.1, 0.15) is 25.5 Å². The Labute approximate surface area is 113 Å². The smallest absolute Gasteiger partial charge is 0.240 e. The SMILES string of the molecule is COc1nccc2c(Br)nn(C3CCCCO3)c12. The van der Waals surface area contributed by atoms with Gasteiger partial charge in [-0.2, -0.15) is 5.10 Å². The monoisotopic (exact) mass is 311 g/mol. The summed E-state index contributed by atoms with van der Waals surface area (Å²) in [6.45, 7) is 0.784. The first-order valence-corrected chi connectivity index (χ1v) is 6.79. The van der Waals surface area contributed by atoms with Crippen LogP contribution in [-0.4, -0.2) is 28.5 Å². The first-order chi connectivity index (χ1) is 8.81. The van der Waals surface area contributed by atoms with Crippen molar-refractivity contribution in [2.45, 2.75) is 25.5 Å². The molecule has 3 heterocycles. The van der Waals surface area contributed by atoms with Gasteiger partial charge in [-0.25, -0.2) is 9.67 Å². The number of methoxy groups -OCH3 is 1. The molecular formula is C12H14BrN3O2. The molecule has 0 spiro atoms. The predicted molar refractivity (Wildman–Crippen MR) is 70.6 cm³/mol. The molecule has 0 aromatic carbocycles. The molecule has 0 bridgehead atoms. The van der Waals surface area contributed by atoms with Crippen molar-refractivity contribution in [1.29, 1.82) is 0 Å². The van der Waals surface area contributed by atoms with E-state index in [1.54, 1.807) is 13.3 Å². The van der Waals surface area contributed by atoms with Gasteiger partial charge in [-0.1, -0.05) is 0 Å². The van der Waals surface area contributed by atoms with Crippen LogP contribution < -0.4 is 4.74 Å². The summed E-state index contributed by atoms with van der Waals surface area (Å²) in [5, 5.41) is 5.51. The lowest BCUT2D eigenvalue weighted by molar-refractivity contribution is -0.0370. The van der Waals surface area contributed by atoms with Crippen molar-refractivity contribution in [3.63, 3.8) is 0 Å². The number of rotatable bonds is 2. The molecule has 3 rings (SSSR count). The average molecular weight is 312 g/mol. The zero-order valence-electron chi connectivity index (χ0n) is 10.1. The Bertz CT molecular complexity index is 564. The number of fused-ring (bicyclic) bond motifs is 1. The number of hydrogen-bond acceptors (Lipinski definition) is 4. The van der Waals surface area contributed by atoms with Crippen LogP contribution in [0.25, 0.3) is 10.9 Å². The van der Waals surface area contributed by atoms with Gasteiger partial charge < -0.3 is 9.47 Å². The van der Waals surface area contributed by atoms with Crippen molar-refractivity contribution in [2.75, 3.05) is 13.7 Å². The number of aromatic nitrogens is 3. The lowest BCUT2D eigenvalue weighted by atomic mass is 10.2. The average Bonchev–Trinajstić information content (AvgIpc) is 2.77. The number of pyridine rings is 1. The summed E-state index contributed by atoms with van der Waals surface area (Å²) < 4.78 is 13.8. The minimum atomic E-state index is -0.0225. The number of halogens is 1. The van der Waals surface area contributed by atoms with E-state index in [4.69, 9.17) is 9.47 Å². The third-order valence-electron chi connectivity index (χ3n) is 3.16. The normalized spacial score (nSPS) is 20.2. The van der Waals surface area contributed by atoms with Gasteiger partial charge in [0.2, 0.25) is 5.88 Å². The Balaban J connectivity index is 2.15. The summed E-state index contributed by atoms with van der Waals surface area (Å²) in [4.78, 5) is 4.23. The maximum Gasteiger partial charge on any atom is 0.240 e. The van der Waals surface area contributed by atoms with Crippen LogP contribution in [0, 0.1) is 0 Å². The Morgan fingerprint density at radius 3 is 3.11 bits per heavy atom. The molecule has 2 aromatic rings. The fraction of sp³-hybridized carbons (Fsp3) is 0.500. The largest absolute Gasteiger partial charge is 0.479 e. The Morgan fingerprint density at radius 2 is 2.39 bits per heavy atom. The molecule has 5 nitrogen and oxygen atoms in total. The molecule has 1 aliphatic heterocycles. The van der Waals surface area contributed by atoms with E-state index in [2.05, 4.69) is 26.0 Å². The maximum atomic E-state index is 5.78. The summed E-state index contributed by atoms with van der Waals surface area (Å²) in [5.74, 6) is 0.583. The lowest BCUT2D eigenvalue weighted by Gasteiger charge is -2.23. The molecule has 2 aromatic heterocycles. The van der Waals surface area contributed by atoms with E-state index in [1.165, 1.54) is 0 Å². The Hall–Kier alpha value is -1.14. The highest BCUT2D eigenvalue weighted by atomic mass is 79.9. The molecule has 1 saturated heterocycles. The molecule has 1 aliphatic rings. The molecule has 1 unspecified atom stereocenters. The van der Waals surface area contributed by atoms with E-state index >= 15 is 0 Å². The molecule has 0 aliphatic carbocycles. The second kappa shape index (κ2) is 4.85. The van der Waals surface area contributed by atoms with Crippen molar-refractivity contribution in [1.82, 2.24) is 14.8 Å². The third-order valence-corrected chi connectivity index (χ3v) is 3.75. The van der Waals surface area contributed by atoms with E-state index in [-0.39, 0.29) is 6.23 Å². The van der Waals surface area contributed by atoms with Crippen LogP contribution in [0.15, 0.2) is 16.9 Å². The quantitative estimate of drug-likeness (QED) is 0.855. The molecule has 0 saturated carbocycles. The third kappa shape index (κ3) is 1.89. The Morgan fingerprint density at radius 1 is 1.50 bits per heavy atom. The topological polar surface area (TPSA) is 49.2 Å². The first-order valence-electron chi connectivity index (χ1n) is 5.99. The summed E-state index contributed by atoms with van der Waals surface area (Å²) in [6.07, 6.45) is 4.95. The number of ether oxygens (including phenoxy) is 2. The zero-order valence-corrected chi connectivity index (χ0v) is 11.7. The highest BCUT2D eigenvalue weighted by molar-refractivity contribution is 9.10. The van der Waals surface area contributed by atoms with Gasteiger partial charge in [-0.15, -0.1) is 0 Å². The van der Waals surface area contributed by atoms with E-state index in [9.17, 15) is 0 Å². The number of nitrogens with zero attached hydrogens (tertiary/aromatic N) is 3. The summed E-state index contributed by atoms with van der Waals surface area (Å²) >= 11 is 3.48. The maximum absolute atomic E-state index is 5.78. The van der Waals surface area contributed by atoms with E-state index < -0.39 is 0 Å². The van der Waals surface area contributed by atoms with Gasteiger partial charge >= 0.3 is 0 Å². The molecule has 96 valence electrons. The van der Waals surface area contributed by atoms with Crippen LogP contribution in [-0.2, 0) is 4.74 Å². The second-order valence-electron chi connectivity index (χ2n) is 4.27. The van der Waals surface area contributed by atoms with Crippen molar-refractivity contribution in [3.05, 3.63) is 16.9 Å². The minimum Gasteiger partial charge on any atom is -0.479 e. The van der Waals surface area contributed by atoms with E-state index in [1.807, 2.05) is 10.7 Å². The molecule has 18 heavy (non-hydrogen) atoms. The van der Waals surface area contributed by atoms with Gasteiger partial charge in [-0.05, 0) is 41.3 Å². The molecule has 6 heteroatoms. The van der Waals surface area contributed by atoms with Gasteiger partial charge in [0.05, 0.1) is 7.11 Å². The second-order valence-corrected chi connectivity index (χ2v) is 5.02. The molecule has 0 amide bonds. The highest BCUT2D eigenvalue weighted by Crippen LogP contribution is 2.33. The van der Waals surface area contributed by atoms with Crippen LogP contribution in [0.5, 0.6) is 5.88 Å². The molecular weight excluding hydrogens is 298 g/mol. The fourth-order valence-electron chi connectivity index (χ4n) is 2.30. The van der Waals surface area contributed by atoms with Crippen molar-refractivity contribution in [3.8, 4) is 5.88 Å². The minimum absolute atomic E-state index is 0.0225. The van der Waals surface area contributed by atoms with Crippen LogP contribution in [0.2, 0.25) is 0 Å². The van der Waals surface area contributed by atoms with Crippen LogP contribution >= 0.6 is 15.9 Å². The lowest BCUT2D eigenvalue weighted by Crippen LogP contribution is -2.19. The van der Waals surface area contributed by atoms with Crippen molar-refractivity contribution < 1.29 is 9.47 Å². The van der Waals surface area contributed by atoms with Crippen LogP contribution in [0.4, 0.5) is 0 Å². The summed E-state index contributed by atoms with van der Waals surface area (Å²) in [6, 6.07) is 1.92. The first kappa shape index (κ1) is 11.9. The van der Waals surface area contributed by atoms with Crippen molar-refractivity contribution >= 4 is 26.8 Å². The van der Waals surface area contributed by atoms with Gasteiger partial charge in [-0.3, -0.25) is 0 Å². The van der Waals surface area contributed by atoms with Crippen molar-refractivity contribution in [2.24, 2.45) is 0 Å². The molecule has 0 N–H and O–H groups in total. The van der Waals surface area contributed by atoms with E-state index in [0.717, 1.165) is 41.4 Å². The molecule has 1 fully saturated rings. The van der Waals surface area contributed by atoms with Gasteiger partial charge in [0, 0.05) is 18.2 Å². The van der Waals surface area contributed by atoms with Gasteiger partial charge in [0.15, 0.2) is 6.23 Å². The predicted octanol–water partition coefficient (Wildman–Crippen LogP) is 2.90. The fourth-order valence-corrected chi connectivity index (χ4v) is 2.79. The highest BCUT2D eigenvalue weighted by Gasteiger charge is 2.22. The zero-order chi connectivity index (χ0) is 12.5. The van der Waals surface area contributed by atoms with Gasteiger partial charge in [0.1, 0.15) is 10.1 Å². The Kier molecular flexibility index (Phi) is 3.22. The van der Waals surface area contributed by atoms with Crippen LogP contribution in [0.3, 0.4) is 0 Å². The molecule has 0 radical (unpaired) electrons. The van der Waals surface area contributed by atoms with Gasteiger partial charge in [0.25, 0.3) is 0 Å². The summed E-state index contributed by atoms with van der Waals surface area (Å²) in [5.41, 5.74) is 0.888. The summed E-state index contributed by atoms with van der Waals surface area (Å²) in [7, 11) is 1.62.